The number of piperidine rings is 1. The summed E-state index contributed by atoms with van der Waals surface area (Å²) in [5, 5.41) is 18.4. The van der Waals surface area contributed by atoms with Crippen LogP contribution in [0.15, 0.2) is 67.0 Å². The highest BCUT2D eigenvalue weighted by molar-refractivity contribution is 6.33. The van der Waals surface area contributed by atoms with Crippen molar-refractivity contribution in [3.05, 3.63) is 94.4 Å². The number of fused-ring (bicyclic) bond motifs is 1. The van der Waals surface area contributed by atoms with Crippen molar-refractivity contribution in [2.75, 3.05) is 68.5 Å². The molecule has 3 fully saturated rings. The summed E-state index contributed by atoms with van der Waals surface area (Å²) in [7, 11) is 1.54. The summed E-state index contributed by atoms with van der Waals surface area (Å²) in [4.78, 5) is 81.3. The Labute approximate surface area is 388 Å². The van der Waals surface area contributed by atoms with Crippen molar-refractivity contribution in [2.24, 2.45) is 0 Å². The number of ether oxygens (including phenoxy) is 1. The third-order valence-electron chi connectivity index (χ3n) is 12.2. The van der Waals surface area contributed by atoms with Gasteiger partial charge >= 0.3 is 6.03 Å². The fourth-order valence-electron chi connectivity index (χ4n) is 8.63. The van der Waals surface area contributed by atoms with Crippen LogP contribution in [0, 0.1) is 11.8 Å². The number of halogens is 1. The largest absolute Gasteiger partial charge is 0.379 e. The van der Waals surface area contributed by atoms with Crippen molar-refractivity contribution in [3.8, 4) is 11.8 Å². The van der Waals surface area contributed by atoms with E-state index < -0.39 is 11.9 Å². The van der Waals surface area contributed by atoms with Crippen LogP contribution in [0.5, 0.6) is 0 Å². The van der Waals surface area contributed by atoms with E-state index in [1.807, 2.05) is 35.2 Å². The zero-order chi connectivity index (χ0) is 46.0. The van der Waals surface area contributed by atoms with Crippen LogP contribution < -0.4 is 36.8 Å². The van der Waals surface area contributed by atoms with Gasteiger partial charge in [-0.15, -0.1) is 0 Å². The third kappa shape index (κ3) is 11.2. The quantitative estimate of drug-likeness (QED) is 0.0592. The van der Waals surface area contributed by atoms with E-state index in [4.69, 9.17) is 16.3 Å². The number of aromatic nitrogens is 3. The first-order chi connectivity index (χ1) is 32.1. The second kappa shape index (κ2) is 21.5. The predicted octanol–water partition coefficient (Wildman–Crippen LogP) is 4.32. The molecule has 2 aromatic heterocycles. The average molecular weight is 917 g/mol. The fourth-order valence-corrected chi connectivity index (χ4v) is 8.77. The van der Waals surface area contributed by atoms with Gasteiger partial charge in [0.1, 0.15) is 11.1 Å². The van der Waals surface area contributed by atoms with Crippen LogP contribution in [-0.2, 0) is 20.9 Å². The Kier molecular flexibility index (Phi) is 14.9. The molecule has 2 aromatic carbocycles. The lowest BCUT2D eigenvalue weighted by Crippen LogP contribution is -2.54. The molecule has 6 amide bonds. The van der Waals surface area contributed by atoms with E-state index in [9.17, 15) is 24.0 Å². The number of nitrogens with zero attached hydrogens (tertiary/aromatic N) is 6. The first-order valence-electron chi connectivity index (χ1n) is 22.3. The van der Waals surface area contributed by atoms with Gasteiger partial charge in [-0.3, -0.25) is 24.5 Å². The third-order valence-corrected chi connectivity index (χ3v) is 12.5. The molecule has 1 aliphatic carbocycles. The highest BCUT2D eigenvalue weighted by Crippen LogP contribution is 2.30. The molecule has 6 N–H and O–H groups in total. The number of hydrogen-bond acceptors (Lipinski definition) is 13. The summed E-state index contributed by atoms with van der Waals surface area (Å²) in [6.07, 6.45) is 7.90. The van der Waals surface area contributed by atoms with E-state index in [1.54, 1.807) is 24.3 Å². The van der Waals surface area contributed by atoms with Crippen molar-refractivity contribution in [3.63, 3.8) is 0 Å². The molecule has 18 nitrogen and oxygen atoms in total. The Morgan fingerprint density at radius 1 is 0.909 bits per heavy atom. The topological polar surface area (TPSA) is 215 Å². The van der Waals surface area contributed by atoms with Crippen LogP contribution >= 0.6 is 11.6 Å². The second-order valence-electron chi connectivity index (χ2n) is 16.5. The minimum atomic E-state index is -0.655. The first-order valence-corrected chi connectivity index (χ1v) is 22.7. The van der Waals surface area contributed by atoms with Gasteiger partial charge in [0.05, 0.1) is 25.1 Å². The van der Waals surface area contributed by atoms with Crippen molar-refractivity contribution < 1.29 is 28.7 Å². The lowest BCUT2D eigenvalue weighted by atomic mass is 9.91. The average Bonchev–Trinajstić information content (AvgIpc) is 3.67. The zero-order valence-electron chi connectivity index (χ0n) is 36.7. The molecule has 0 spiro atoms. The van der Waals surface area contributed by atoms with Gasteiger partial charge in [-0.25, -0.2) is 14.8 Å². The normalized spacial score (nSPS) is 19.3. The van der Waals surface area contributed by atoms with E-state index in [-0.39, 0.29) is 46.9 Å². The molecule has 66 heavy (non-hydrogen) atoms. The number of benzene rings is 2. The van der Waals surface area contributed by atoms with Gasteiger partial charge in [-0.2, -0.15) is 4.98 Å². The summed E-state index contributed by atoms with van der Waals surface area (Å²) in [6, 6.07) is 16.7. The van der Waals surface area contributed by atoms with Crippen molar-refractivity contribution in [1.29, 1.82) is 0 Å². The highest BCUT2D eigenvalue weighted by atomic mass is 35.5. The van der Waals surface area contributed by atoms with Gasteiger partial charge in [0.15, 0.2) is 11.5 Å². The molecule has 19 heteroatoms. The number of imide groups is 1. The number of urea groups is 1. The van der Waals surface area contributed by atoms with Crippen molar-refractivity contribution in [1.82, 2.24) is 46.0 Å². The Morgan fingerprint density at radius 3 is 2.47 bits per heavy atom. The summed E-state index contributed by atoms with van der Waals surface area (Å²) in [5.74, 6) is 5.71. The Bertz CT molecular complexity index is 2500. The van der Waals surface area contributed by atoms with Gasteiger partial charge in [-0.1, -0.05) is 29.5 Å². The van der Waals surface area contributed by atoms with Crippen LogP contribution in [0.2, 0.25) is 5.02 Å². The number of carbonyl (C=O) groups is 5. The maximum Gasteiger partial charge on any atom is 0.317 e. The molecule has 3 aliphatic heterocycles. The molecule has 2 saturated heterocycles. The molecular weight excluding hydrogens is 864 g/mol. The molecule has 0 radical (unpaired) electrons. The van der Waals surface area contributed by atoms with Crippen LogP contribution in [0.3, 0.4) is 0 Å². The van der Waals surface area contributed by atoms with E-state index in [2.05, 4.69) is 63.6 Å². The van der Waals surface area contributed by atoms with Gasteiger partial charge in [0.25, 0.3) is 11.8 Å². The summed E-state index contributed by atoms with van der Waals surface area (Å²) >= 11 is 6.38. The second-order valence-corrected chi connectivity index (χ2v) is 16.9. The maximum absolute atomic E-state index is 13.2. The Hall–Kier alpha value is -6.81. The fraction of sp³-hybridized carbons (Fsp3) is 0.404. The molecule has 1 unspecified atom stereocenters. The van der Waals surface area contributed by atoms with Crippen LogP contribution in [-0.4, -0.2) is 126 Å². The smallest absolute Gasteiger partial charge is 0.317 e. The van der Waals surface area contributed by atoms with E-state index in [0.717, 1.165) is 67.8 Å². The zero-order valence-corrected chi connectivity index (χ0v) is 37.5. The Balaban J connectivity index is 0.695. The standard InChI is InChI=1S/C47H53ClN12O6/c1-49-44(63)41-38(9-5-20-51-41)55-42-37(48)28-52-46(57-42)53-32-14-16-34(17-15-32)58-22-24-59(25-23-58)47(65)54-33-12-10-31(11-13-33)50-21-27-66-26-3-2-6-30-7-4-8-35-36(30)29-60(45(35)64)39-18-19-40(61)56-43(39)62/h4-5,7-9,14-17,20,28,31,33,39,50H,3,10-13,18-19,21-27,29H2,1H3,(H,49,63)(H,54,65)(H,56,61,62)(H2,52,53,55,57). The predicted molar refractivity (Wildman–Crippen MR) is 249 cm³/mol. The summed E-state index contributed by atoms with van der Waals surface area (Å²) in [6.45, 7) is 4.77. The molecule has 5 heterocycles. The van der Waals surface area contributed by atoms with E-state index >= 15 is 0 Å². The lowest BCUT2D eigenvalue weighted by Gasteiger charge is -2.37. The van der Waals surface area contributed by atoms with Gasteiger partial charge in [-0.05, 0) is 86.2 Å². The SMILES string of the molecule is CNC(=O)c1ncccc1Nc1nc(Nc2ccc(N3CCN(C(=O)NC4CCC(NCCOCCC#Cc5cccc6c5CN(C5CCC(=O)NC5=O)C6=O)CC4)CC3)cc2)ncc1Cl. The van der Waals surface area contributed by atoms with Gasteiger partial charge in [0.2, 0.25) is 17.8 Å². The molecule has 1 saturated carbocycles. The Morgan fingerprint density at radius 2 is 1.70 bits per heavy atom. The minimum absolute atomic E-state index is 0.00773. The number of anilines is 5. The number of piperazine rings is 1. The van der Waals surface area contributed by atoms with Crippen LogP contribution in [0.4, 0.5) is 33.6 Å². The molecule has 4 aromatic rings. The molecule has 344 valence electrons. The summed E-state index contributed by atoms with van der Waals surface area (Å²) < 4.78 is 5.84. The van der Waals surface area contributed by atoms with E-state index in [0.29, 0.717) is 74.7 Å². The summed E-state index contributed by atoms with van der Waals surface area (Å²) in [5.41, 5.74) is 4.63. The maximum atomic E-state index is 13.2. The van der Waals surface area contributed by atoms with Crippen LogP contribution in [0.1, 0.15) is 76.9 Å². The molecule has 4 aliphatic rings. The number of nitrogens with one attached hydrogen (secondary N) is 6. The van der Waals surface area contributed by atoms with Crippen molar-refractivity contribution >= 4 is 70.1 Å². The number of pyridine rings is 1. The number of carbonyl (C=O) groups excluding carboxylic acids is 5. The highest BCUT2D eigenvalue weighted by Gasteiger charge is 2.39. The number of rotatable bonds is 14. The monoisotopic (exact) mass is 916 g/mol. The molecular formula is C47H53ClN12O6. The van der Waals surface area contributed by atoms with Gasteiger partial charge in [0, 0.05) is 99.9 Å². The number of amides is 6. The minimum Gasteiger partial charge on any atom is -0.379 e. The first kappa shape index (κ1) is 45.7. The molecule has 0 bridgehead atoms. The molecule has 1 atom stereocenters. The lowest BCUT2D eigenvalue weighted by molar-refractivity contribution is -0.136. The number of hydrogen-bond donors (Lipinski definition) is 6. The van der Waals surface area contributed by atoms with Crippen LogP contribution in [0.25, 0.3) is 0 Å². The van der Waals surface area contributed by atoms with Gasteiger partial charge < -0.3 is 46.0 Å². The van der Waals surface area contributed by atoms with E-state index in [1.165, 1.54) is 24.3 Å². The van der Waals surface area contributed by atoms with Crippen molar-refractivity contribution in [2.45, 2.75) is 69.6 Å². The molecule has 8 rings (SSSR count).